The third kappa shape index (κ3) is 5.21. The van der Waals surface area contributed by atoms with Crippen LogP contribution in [0.4, 0.5) is 0 Å². The summed E-state index contributed by atoms with van der Waals surface area (Å²) in [6, 6.07) is 7.23. The molecule has 2 atom stereocenters. The largest absolute Gasteiger partial charge is 0.481 e. The standard InChI is InChI=1S/C16H25NO3/c1-4-5-8-11-17-16(19)13(3)20-15-10-7-6-9-14(15)12(2)18/h6-7,9-10,12-13,18H,4-5,8,11H2,1-3H3,(H,17,19)/t12-,13?/m0/s1. The van der Waals surface area contributed by atoms with Crippen molar-refractivity contribution in [3.63, 3.8) is 0 Å². The quantitative estimate of drug-likeness (QED) is 0.719. The summed E-state index contributed by atoms with van der Waals surface area (Å²) in [6.07, 6.45) is 2.03. The van der Waals surface area contributed by atoms with Gasteiger partial charge in [0.1, 0.15) is 5.75 Å². The van der Waals surface area contributed by atoms with Gasteiger partial charge in [-0.15, -0.1) is 0 Å². The van der Waals surface area contributed by atoms with Gasteiger partial charge in [-0.2, -0.15) is 0 Å². The Morgan fingerprint density at radius 3 is 2.65 bits per heavy atom. The van der Waals surface area contributed by atoms with E-state index in [2.05, 4.69) is 12.2 Å². The van der Waals surface area contributed by atoms with Crippen LogP contribution in [0.25, 0.3) is 0 Å². The molecule has 1 unspecified atom stereocenters. The molecule has 0 heterocycles. The number of para-hydroxylation sites is 1. The Labute approximate surface area is 121 Å². The summed E-state index contributed by atoms with van der Waals surface area (Å²) >= 11 is 0. The molecule has 0 saturated carbocycles. The van der Waals surface area contributed by atoms with Crippen LogP contribution in [-0.2, 0) is 4.79 Å². The molecule has 0 fully saturated rings. The number of aliphatic hydroxyl groups excluding tert-OH is 1. The molecule has 4 nitrogen and oxygen atoms in total. The summed E-state index contributed by atoms with van der Waals surface area (Å²) in [5.41, 5.74) is 0.693. The fourth-order valence-corrected chi connectivity index (χ4v) is 1.91. The van der Waals surface area contributed by atoms with E-state index >= 15 is 0 Å². The maximum absolute atomic E-state index is 11.9. The molecule has 1 rings (SSSR count). The van der Waals surface area contributed by atoms with Crippen LogP contribution in [-0.4, -0.2) is 23.7 Å². The predicted octanol–water partition coefficient (Wildman–Crippen LogP) is 2.81. The summed E-state index contributed by atoms with van der Waals surface area (Å²) in [7, 11) is 0. The molecule has 0 aliphatic carbocycles. The number of hydrogen-bond acceptors (Lipinski definition) is 3. The highest BCUT2D eigenvalue weighted by Crippen LogP contribution is 2.25. The molecule has 0 bridgehead atoms. The number of ether oxygens (including phenoxy) is 1. The summed E-state index contributed by atoms with van der Waals surface area (Å²) in [6.45, 7) is 6.20. The van der Waals surface area contributed by atoms with Gasteiger partial charge in [0.05, 0.1) is 6.10 Å². The highest BCUT2D eigenvalue weighted by molar-refractivity contribution is 5.80. The van der Waals surface area contributed by atoms with E-state index in [1.807, 2.05) is 12.1 Å². The average Bonchev–Trinajstić information content (AvgIpc) is 2.43. The Balaban J connectivity index is 2.53. The van der Waals surface area contributed by atoms with Gasteiger partial charge in [-0.05, 0) is 26.3 Å². The molecule has 4 heteroatoms. The van der Waals surface area contributed by atoms with Crippen molar-refractivity contribution in [2.75, 3.05) is 6.54 Å². The monoisotopic (exact) mass is 279 g/mol. The zero-order chi connectivity index (χ0) is 15.0. The number of hydrogen-bond donors (Lipinski definition) is 2. The molecule has 1 aromatic carbocycles. The van der Waals surface area contributed by atoms with Crippen molar-refractivity contribution in [2.45, 2.75) is 52.2 Å². The van der Waals surface area contributed by atoms with Gasteiger partial charge in [-0.1, -0.05) is 38.0 Å². The molecule has 0 aliphatic heterocycles. The zero-order valence-electron chi connectivity index (χ0n) is 12.6. The highest BCUT2D eigenvalue weighted by Gasteiger charge is 2.16. The van der Waals surface area contributed by atoms with E-state index in [1.54, 1.807) is 26.0 Å². The molecular formula is C16H25NO3. The van der Waals surface area contributed by atoms with E-state index in [9.17, 15) is 9.90 Å². The number of benzene rings is 1. The van der Waals surface area contributed by atoms with Gasteiger partial charge in [0.15, 0.2) is 6.10 Å². The first-order valence-electron chi connectivity index (χ1n) is 7.27. The van der Waals surface area contributed by atoms with Crippen molar-refractivity contribution < 1.29 is 14.6 Å². The van der Waals surface area contributed by atoms with E-state index in [0.717, 1.165) is 19.3 Å². The van der Waals surface area contributed by atoms with Crippen LogP contribution in [0.5, 0.6) is 5.75 Å². The number of carbonyl (C=O) groups is 1. The minimum Gasteiger partial charge on any atom is -0.481 e. The second-order valence-electron chi connectivity index (χ2n) is 4.97. The van der Waals surface area contributed by atoms with Gasteiger partial charge in [0.25, 0.3) is 5.91 Å². The third-order valence-corrected chi connectivity index (χ3v) is 3.12. The molecule has 0 aromatic heterocycles. The van der Waals surface area contributed by atoms with Crippen molar-refractivity contribution in [1.29, 1.82) is 0 Å². The van der Waals surface area contributed by atoms with Crippen LogP contribution in [0.15, 0.2) is 24.3 Å². The normalized spacial score (nSPS) is 13.6. The Hall–Kier alpha value is -1.55. The fourth-order valence-electron chi connectivity index (χ4n) is 1.91. The molecular weight excluding hydrogens is 254 g/mol. The lowest BCUT2D eigenvalue weighted by Gasteiger charge is -2.18. The summed E-state index contributed by atoms with van der Waals surface area (Å²) in [4.78, 5) is 11.9. The average molecular weight is 279 g/mol. The number of rotatable bonds is 8. The molecule has 0 radical (unpaired) electrons. The number of carbonyl (C=O) groups excluding carboxylic acids is 1. The fraction of sp³-hybridized carbons (Fsp3) is 0.562. The molecule has 0 aliphatic rings. The topological polar surface area (TPSA) is 58.6 Å². The number of unbranched alkanes of at least 4 members (excludes halogenated alkanes) is 2. The van der Waals surface area contributed by atoms with Gasteiger partial charge in [0, 0.05) is 12.1 Å². The lowest BCUT2D eigenvalue weighted by Crippen LogP contribution is -2.37. The first-order chi connectivity index (χ1) is 9.56. The van der Waals surface area contributed by atoms with Crippen LogP contribution >= 0.6 is 0 Å². The third-order valence-electron chi connectivity index (χ3n) is 3.12. The highest BCUT2D eigenvalue weighted by atomic mass is 16.5. The number of aliphatic hydroxyl groups is 1. The van der Waals surface area contributed by atoms with Crippen LogP contribution in [0.3, 0.4) is 0 Å². The Morgan fingerprint density at radius 2 is 2.00 bits per heavy atom. The smallest absolute Gasteiger partial charge is 0.260 e. The summed E-state index contributed by atoms with van der Waals surface area (Å²) in [5, 5.41) is 12.5. The molecule has 20 heavy (non-hydrogen) atoms. The van der Waals surface area contributed by atoms with Gasteiger partial charge in [-0.3, -0.25) is 4.79 Å². The molecule has 1 amide bonds. The Bertz CT molecular complexity index is 418. The first-order valence-corrected chi connectivity index (χ1v) is 7.27. The van der Waals surface area contributed by atoms with E-state index in [1.165, 1.54) is 0 Å². The molecule has 0 spiro atoms. The van der Waals surface area contributed by atoms with E-state index in [-0.39, 0.29) is 5.91 Å². The minimum atomic E-state index is -0.619. The van der Waals surface area contributed by atoms with Gasteiger partial charge in [0.2, 0.25) is 0 Å². The van der Waals surface area contributed by atoms with Gasteiger partial charge < -0.3 is 15.2 Å². The van der Waals surface area contributed by atoms with Gasteiger partial charge >= 0.3 is 0 Å². The molecule has 2 N–H and O–H groups in total. The van der Waals surface area contributed by atoms with Crippen LogP contribution in [0.2, 0.25) is 0 Å². The summed E-state index contributed by atoms with van der Waals surface area (Å²) < 4.78 is 5.65. The van der Waals surface area contributed by atoms with E-state index in [4.69, 9.17) is 4.74 Å². The lowest BCUT2D eigenvalue weighted by atomic mass is 10.1. The molecule has 1 aromatic rings. The SMILES string of the molecule is CCCCCNC(=O)C(C)Oc1ccccc1[C@H](C)O. The van der Waals surface area contributed by atoms with Crippen molar-refractivity contribution >= 4 is 5.91 Å². The summed E-state index contributed by atoms with van der Waals surface area (Å²) in [5.74, 6) is 0.431. The maximum Gasteiger partial charge on any atom is 0.260 e. The Kier molecular flexibility index (Phi) is 7.09. The minimum absolute atomic E-state index is 0.124. The first kappa shape index (κ1) is 16.5. The number of nitrogens with one attached hydrogen (secondary N) is 1. The zero-order valence-corrected chi connectivity index (χ0v) is 12.6. The van der Waals surface area contributed by atoms with E-state index < -0.39 is 12.2 Å². The van der Waals surface area contributed by atoms with Gasteiger partial charge in [-0.25, -0.2) is 0 Å². The maximum atomic E-state index is 11.9. The van der Waals surface area contributed by atoms with Crippen LogP contribution in [0, 0.1) is 0 Å². The number of amides is 1. The second kappa shape index (κ2) is 8.59. The van der Waals surface area contributed by atoms with Crippen molar-refractivity contribution in [3.8, 4) is 5.75 Å². The second-order valence-corrected chi connectivity index (χ2v) is 4.97. The van der Waals surface area contributed by atoms with Crippen molar-refractivity contribution in [1.82, 2.24) is 5.32 Å². The molecule has 112 valence electrons. The lowest BCUT2D eigenvalue weighted by molar-refractivity contribution is -0.127. The Morgan fingerprint density at radius 1 is 1.30 bits per heavy atom. The van der Waals surface area contributed by atoms with Crippen molar-refractivity contribution in [3.05, 3.63) is 29.8 Å². The van der Waals surface area contributed by atoms with Crippen LogP contribution < -0.4 is 10.1 Å². The van der Waals surface area contributed by atoms with E-state index in [0.29, 0.717) is 17.9 Å². The van der Waals surface area contributed by atoms with Crippen molar-refractivity contribution in [2.24, 2.45) is 0 Å². The molecule has 0 saturated heterocycles. The van der Waals surface area contributed by atoms with Crippen LogP contribution in [0.1, 0.15) is 51.7 Å². The predicted molar refractivity (Wildman–Crippen MR) is 79.7 cm³/mol.